The second kappa shape index (κ2) is 5.43. The van der Waals surface area contributed by atoms with Crippen LogP contribution in [0.1, 0.15) is 12.0 Å². The maximum Gasteiger partial charge on any atom is 0.306 e. The second-order valence-electron chi connectivity index (χ2n) is 4.64. The molecule has 0 radical (unpaired) electrons. The summed E-state index contributed by atoms with van der Waals surface area (Å²) in [5.74, 6) is -1.02. The molecule has 1 atom stereocenters. The summed E-state index contributed by atoms with van der Waals surface area (Å²) in [4.78, 5) is 9.51. The molecule has 1 aromatic carbocycles. The van der Waals surface area contributed by atoms with Crippen LogP contribution in [-0.4, -0.2) is 32.5 Å². The molecule has 1 aliphatic heterocycles. The summed E-state index contributed by atoms with van der Waals surface area (Å²) in [6.07, 6.45) is 0.640. The van der Waals surface area contributed by atoms with E-state index in [9.17, 15) is 22.9 Å². The van der Waals surface area contributed by atoms with E-state index in [-0.39, 0.29) is 16.5 Å². The van der Waals surface area contributed by atoms with Crippen molar-refractivity contribution in [3.05, 3.63) is 33.6 Å². The van der Waals surface area contributed by atoms with Crippen LogP contribution in [0.2, 0.25) is 0 Å². The van der Waals surface area contributed by atoms with E-state index >= 15 is 0 Å². The Morgan fingerprint density at radius 1 is 1.50 bits per heavy atom. The van der Waals surface area contributed by atoms with Crippen molar-refractivity contribution < 1.29 is 17.7 Å². The Balaban J connectivity index is 2.38. The molecule has 9 heteroatoms. The van der Waals surface area contributed by atoms with E-state index in [1.54, 1.807) is 0 Å². The van der Waals surface area contributed by atoms with Crippen LogP contribution in [0.15, 0.2) is 17.0 Å². The number of benzene rings is 1. The van der Waals surface area contributed by atoms with Crippen molar-refractivity contribution in [1.82, 2.24) is 10.0 Å². The van der Waals surface area contributed by atoms with E-state index in [1.807, 2.05) is 0 Å². The van der Waals surface area contributed by atoms with E-state index in [1.165, 1.54) is 6.92 Å². The maximum absolute atomic E-state index is 13.6. The smallest absolute Gasteiger partial charge is 0.306 e. The first-order chi connectivity index (χ1) is 9.31. The second-order valence-corrected chi connectivity index (χ2v) is 6.36. The Labute approximate surface area is 115 Å². The van der Waals surface area contributed by atoms with Gasteiger partial charge in [-0.15, -0.1) is 0 Å². The fourth-order valence-corrected chi connectivity index (χ4v) is 3.42. The third-order valence-electron chi connectivity index (χ3n) is 3.10. The summed E-state index contributed by atoms with van der Waals surface area (Å²) >= 11 is 0. The van der Waals surface area contributed by atoms with E-state index in [0.717, 1.165) is 12.1 Å². The molecule has 110 valence electrons. The Kier molecular flexibility index (Phi) is 4.02. The Hall–Kier alpha value is -1.58. The third-order valence-corrected chi connectivity index (χ3v) is 4.60. The molecule has 0 aromatic heterocycles. The van der Waals surface area contributed by atoms with Crippen molar-refractivity contribution in [1.29, 1.82) is 0 Å². The van der Waals surface area contributed by atoms with Crippen LogP contribution in [0.4, 0.5) is 10.1 Å². The van der Waals surface area contributed by atoms with Gasteiger partial charge < -0.3 is 5.32 Å². The summed E-state index contributed by atoms with van der Waals surface area (Å²) in [6.45, 7) is 2.50. The standard InChI is InChI=1S/C11H14FN3O4S/c1-7-4-9(5-10(11(7)12)15(16)17)20(18,19)14-8-2-3-13-6-8/h4-5,8,13-14H,2-3,6H2,1H3. The van der Waals surface area contributed by atoms with Crippen molar-refractivity contribution in [3.63, 3.8) is 0 Å². The first-order valence-corrected chi connectivity index (χ1v) is 7.47. The largest absolute Gasteiger partial charge is 0.315 e. The number of nitro groups is 1. The summed E-state index contributed by atoms with van der Waals surface area (Å²) in [5.41, 5.74) is -0.918. The lowest BCUT2D eigenvalue weighted by Gasteiger charge is -2.12. The highest BCUT2D eigenvalue weighted by molar-refractivity contribution is 7.89. The van der Waals surface area contributed by atoms with Gasteiger partial charge in [-0.1, -0.05) is 0 Å². The molecule has 2 N–H and O–H groups in total. The molecular formula is C11H14FN3O4S. The molecular weight excluding hydrogens is 289 g/mol. The number of nitrogens with zero attached hydrogens (tertiary/aromatic N) is 1. The highest BCUT2D eigenvalue weighted by Crippen LogP contribution is 2.25. The fourth-order valence-electron chi connectivity index (χ4n) is 2.05. The fraction of sp³-hybridized carbons (Fsp3) is 0.455. The van der Waals surface area contributed by atoms with Crippen LogP contribution >= 0.6 is 0 Å². The molecule has 2 rings (SSSR count). The number of hydrogen-bond acceptors (Lipinski definition) is 5. The molecule has 0 amide bonds. The molecule has 1 aliphatic rings. The van der Waals surface area contributed by atoms with Gasteiger partial charge in [0.25, 0.3) is 0 Å². The number of halogens is 1. The minimum absolute atomic E-state index is 0.0795. The normalized spacial score (nSPS) is 19.2. The Bertz CT molecular complexity index is 641. The monoisotopic (exact) mass is 303 g/mol. The van der Waals surface area contributed by atoms with Gasteiger partial charge in [0.2, 0.25) is 15.8 Å². The van der Waals surface area contributed by atoms with Gasteiger partial charge in [0, 0.05) is 18.7 Å². The zero-order chi connectivity index (χ0) is 14.9. The molecule has 1 unspecified atom stereocenters. The predicted molar refractivity (Wildman–Crippen MR) is 69.4 cm³/mol. The lowest BCUT2D eigenvalue weighted by atomic mass is 10.2. The molecule has 1 fully saturated rings. The molecule has 0 bridgehead atoms. The summed E-state index contributed by atoms with van der Waals surface area (Å²) in [5, 5.41) is 13.7. The van der Waals surface area contributed by atoms with Gasteiger partial charge in [-0.3, -0.25) is 10.1 Å². The summed E-state index contributed by atoms with van der Waals surface area (Å²) in [6, 6.07) is 1.57. The Morgan fingerprint density at radius 3 is 2.75 bits per heavy atom. The SMILES string of the molecule is Cc1cc(S(=O)(=O)NC2CCNC2)cc([N+](=O)[O-])c1F. The van der Waals surface area contributed by atoms with Gasteiger partial charge in [0.1, 0.15) is 0 Å². The minimum atomic E-state index is -3.90. The lowest BCUT2D eigenvalue weighted by molar-refractivity contribution is -0.387. The highest BCUT2D eigenvalue weighted by Gasteiger charge is 2.27. The predicted octanol–water partition coefficient (Wildman–Crippen LogP) is 0.683. The van der Waals surface area contributed by atoms with E-state index in [0.29, 0.717) is 19.5 Å². The van der Waals surface area contributed by atoms with Crippen LogP contribution in [0.25, 0.3) is 0 Å². The van der Waals surface area contributed by atoms with E-state index in [4.69, 9.17) is 0 Å². The first kappa shape index (κ1) is 14.8. The zero-order valence-electron chi connectivity index (χ0n) is 10.7. The van der Waals surface area contributed by atoms with E-state index in [2.05, 4.69) is 10.0 Å². The average molecular weight is 303 g/mol. The molecule has 7 nitrogen and oxygen atoms in total. The zero-order valence-corrected chi connectivity index (χ0v) is 11.5. The molecule has 20 heavy (non-hydrogen) atoms. The molecule has 1 heterocycles. The quantitative estimate of drug-likeness (QED) is 0.629. The van der Waals surface area contributed by atoms with Crippen LogP contribution in [0.5, 0.6) is 0 Å². The molecule has 1 saturated heterocycles. The number of nitrogens with one attached hydrogen (secondary N) is 2. The first-order valence-electron chi connectivity index (χ1n) is 5.99. The van der Waals surface area contributed by atoms with Gasteiger partial charge in [0.15, 0.2) is 0 Å². The maximum atomic E-state index is 13.6. The van der Waals surface area contributed by atoms with Crippen molar-refractivity contribution in [3.8, 4) is 0 Å². The minimum Gasteiger partial charge on any atom is -0.315 e. The summed E-state index contributed by atoms with van der Waals surface area (Å²) < 4.78 is 40.3. The van der Waals surface area contributed by atoms with Gasteiger partial charge in [0.05, 0.1) is 9.82 Å². The van der Waals surface area contributed by atoms with Gasteiger partial charge in [-0.25, -0.2) is 13.1 Å². The average Bonchev–Trinajstić information content (AvgIpc) is 2.83. The molecule has 0 aliphatic carbocycles. The van der Waals surface area contributed by atoms with Gasteiger partial charge in [-0.05, 0) is 31.5 Å². The lowest BCUT2D eigenvalue weighted by Crippen LogP contribution is -2.36. The highest BCUT2D eigenvalue weighted by atomic mass is 32.2. The van der Waals surface area contributed by atoms with Crippen LogP contribution in [0, 0.1) is 22.9 Å². The van der Waals surface area contributed by atoms with Gasteiger partial charge >= 0.3 is 5.69 Å². The number of nitro benzene ring substituents is 1. The van der Waals surface area contributed by atoms with Crippen LogP contribution < -0.4 is 10.0 Å². The van der Waals surface area contributed by atoms with Crippen molar-refractivity contribution in [2.75, 3.05) is 13.1 Å². The Morgan fingerprint density at radius 2 is 2.20 bits per heavy atom. The molecule has 0 spiro atoms. The number of aryl methyl sites for hydroxylation is 1. The number of hydrogen-bond donors (Lipinski definition) is 2. The number of sulfonamides is 1. The summed E-state index contributed by atoms with van der Waals surface area (Å²) in [7, 11) is -3.90. The molecule has 1 aromatic rings. The van der Waals surface area contributed by atoms with Gasteiger partial charge in [-0.2, -0.15) is 4.39 Å². The third kappa shape index (κ3) is 2.94. The topological polar surface area (TPSA) is 101 Å². The van der Waals surface area contributed by atoms with Crippen molar-refractivity contribution in [2.45, 2.75) is 24.3 Å². The van der Waals surface area contributed by atoms with Crippen LogP contribution in [-0.2, 0) is 10.0 Å². The van der Waals surface area contributed by atoms with E-state index < -0.39 is 26.5 Å². The van der Waals surface area contributed by atoms with Crippen molar-refractivity contribution >= 4 is 15.7 Å². The van der Waals surface area contributed by atoms with Crippen LogP contribution in [0.3, 0.4) is 0 Å². The van der Waals surface area contributed by atoms with Crippen molar-refractivity contribution in [2.24, 2.45) is 0 Å². The number of rotatable bonds is 4. The molecule has 0 saturated carbocycles.